The normalized spacial score (nSPS) is 24.3. The van der Waals surface area contributed by atoms with Crippen LogP contribution in [0.1, 0.15) is 6.42 Å². The second-order valence-corrected chi connectivity index (χ2v) is 6.01. The van der Waals surface area contributed by atoms with Gasteiger partial charge >= 0.3 is 0 Å². The number of hydrogen-bond acceptors (Lipinski definition) is 5. The number of nitrogens with zero attached hydrogens (tertiary/aromatic N) is 3. The van der Waals surface area contributed by atoms with E-state index in [2.05, 4.69) is 14.8 Å². The third-order valence-electron chi connectivity index (χ3n) is 3.96. The van der Waals surface area contributed by atoms with Gasteiger partial charge < -0.3 is 15.4 Å². The fourth-order valence-corrected chi connectivity index (χ4v) is 3.35. The van der Waals surface area contributed by atoms with Gasteiger partial charge in [0.05, 0.1) is 23.3 Å². The predicted molar refractivity (Wildman–Crippen MR) is 81.7 cm³/mol. The van der Waals surface area contributed by atoms with Crippen molar-refractivity contribution >= 4 is 34.8 Å². The maximum atomic E-state index is 6.24. The summed E-state index contributed by atoms with van der Waals surface area (Å²) in [5.74, 6) is 1.07. The quantitative estimate of drug-likeness (QED) is 0.903. The molecule has 2 fully saturated rings. The summed E-state index contributed by atoms with van der Waals surface area (Å²) in [6.45, 7) is 5.52. The van der Waals surface area contributed by atoms with Crippen molar-refractivity contribution in [3.63, 3.8) is 0 Å². The molecular weight excluding hydrogens is 299 g/mol. The average molecular weight is 317 g/mol. The van der Waals surface area contributed by atoms with Gasteiger partial charge in [-0.05, 0) is 12.5 Å². The third kappa shape index (κ3) is 2.81. The molecule has 3 rings (SSSR count). The van der Waals surface area contributed by atoms with E-state index in [1.165, 1.54) is 0 Å². The van der Waals surface area contributed by atoms with Crippen LogP contribution in [0.25, 0.3) is 0 Å². The molecule has 0 spiro atoms. The largest absolute Gasteiger partial charge is 0.382 e. The van der Waals surface area contributed by atoms with Crippen molar-refractivity contribution in [2.45, 2.75) is 12.5 Å². The molecule has 1 aromatic rings. The van der Waals surface area contributed by atoms with Crippen LogP contribution in [-0.2, 0) is 4.74 Å². The number of aromatic nitrogens is 1. The minimum atomic E-state index is 0.334. The van der Waals surface area contributed by atoms with Crippen LogP contribution in [0.15, 0.2) is 6.07 Å². The zero-order chi connectivity index (χ0) is 14.1. The standard InChI is InChI=1S/C13H18Cl2N4O/c14-10-7-11(15)13(17-12(10)16)19-2-1-9(8-19)18-3-5-20-6-4-18/h7,9H,1-6,8H2,(H2,16,17). The summed E-state index contributed by atoms with van der Waals surface area (Å²) in [6.07, 6.45) is 1.11. The Morgan fingerprint density at radius 1 is 1.20 bits per heavy atom. The number of morpholine rings is 1. The van der Waals surface area contributed by atoms with Gasteiger partial charge in [0, 0.05) is 32.2 Å². The highest BCUT2D eigenvalue weighted by Gasteiger charge is 2.30. The van der Waals surface area contributed by atoms with Gasteiger partial charge in [-0.2, -0.15) is 0 Å². The van der Waals surface area contributed by atoms with Crippen LogP contribution in [0, 0.1) is 0 Å². The number of pyridine rings is 1. The van der Waals surface area contributed by atoms with Crippen molar-refractivity contribution < 1.29 is 4.74 Å². The van der Waals surface area contributed by atoms with Crippen LogP contribution in [0.5, 0.6) is 0 Å². The molecule has 1 unspecified atom stereocenters. The zero-order valence-corrected chi connectivity index (χ0v) is 12.7. The average Bonchev–Trinajstić information content (AvgIpc) is 2.93. The summed E-state index contributed by atoms with van der Waals surface area (Å²) in [4.78, 5) is 9.00. The fourth-order valence-electron chi connectivity index (χ4n) is 2.87. The molecule has 3 heterocycles. The molecule has 0 aliphatic carbocycles. The minimum absolute atomic E-state index is 0.334. The number of halogens is 2. The molecule has 0 amide bonds. The number of ether oxygens (including phenoxy) is 1. The molecule has 0 radical (unpaired) electrons. The fraction of sp³-hybridized carbons (Fsp3) is 0.615. The summed E-state index contributed by atoms with van der Waals surface area (Å²) >= 11 is 12.2. The molecule has 110 valence electrons. The summed E-state index contributed by atoms with van der Waals surface area (Å²) in [6, 6.07) is 2.21. The Balaban J connectivity index is 1.72. The van der Waals surface area contributed by atoms with E-state index in [1.54, 1.807) is 6.07 Å². The van der Waals surface area contributed by atoms with Gasteiger partial charge in [-0.3, -0.25) is 4.90 Å². The van der Waals surface area contributed by atoms with Crippen molar-refractivity contribution in [1.29, 1.82) is 0 Å². The molecular formula is C13H18Cl2N4O. The monoisotopic (exact) mass is 316 g/mol. The van der Waals surface area contributed by atoms with E-state index in [0.29, 0.717) is 21.9 Å². The van der Waals surface area contributed by atoms with Crippen molar-refractivity contribution in [2.75, 3.05) is 50.0 Å². The Kier molecular flexibility index (Phi) is 4.21. The van der Waals surface area contributed by atoms with Gasteiger partial charge in [0.15, 0.2) is 0 Å². The summed E-state index contributed by atoms with van der Waals surface area (Å²) in [5, 5.41) is 0.967. The first-order valence-corrected chi connectivity index (χ1v) is 7.59. The van der Waals surface area contributed by atoms with Crippen molar-refractivity contribution in [2.24, 2.45) is 0 Å². The van der Waals surface area contributed by atoms with Gasteiger partial charge in [-0.1, -0.05) is 23.2 Å². The Morgan fingerprint density at radius 3 is 2.70 bits per heavy atom. The lowest BCUT2D eigenvalue weighted by Gasteiger charge is -2.32. The van der Waals surface area contributed by atoms with Crippen molar-refractivity contribution in [3.05, 3.63) is 16.1 Å². The van der Waals surface area contributed by atoms with E-state index in [9.17, 15) is 0 Å². The Hall–Kier alpha value is -0.750. The molecule has 2 aliphatic rings. The van der Waals surface area contributed by atoms with Gasteiger partial charge in [0.2, 0.25) is 0 Å². The number of nitrogens with two attached hydrogens (primary N) is 1. The molecule has 1 aromatic heterocycles. The Morgan fingerprint density at radius 2 is 1.95 bits per heavy atom. The molecule has 1 atom stereocenters. The molecule has 7 heteroatoms. The molecule has 0 saturated carbocycles. The highest BCUT2D eigenvalue weighted by molar-refractivity contribution is 6.37. The van der Waals surface area contributed by atoms with Crippen LogP contribution in [0.4, 0.5) is 11.6 Å². The summed E-state index contributed by atoms with van der Waals surface area (Å²) in [7, 11) is 0. The topological polar surface area (TPSA) is 54.6 Å². The first-order valence-electron chi connectivity index (χ1n) is 6.83. The van der Waals surface area contributed by atoms with E-state index in [1.807, 2.05) is 0 Å². The lowest BCUT2D eigenvalue weighted by molar-refractivity contribution is 0.0209. The first-order chi connectivity index (χ1) is 9.65. The van der Waals surface area contributed by atoms with Crippen LogP contribution in [-0.4, -0.2) is 55.3 Å². The van der Waals surface area contributed by atoms with Crippen molar-refractivity contribution in [1.82, 2.24) is 9.88 Å². The Labute approximate surface area is 128 Å². The van der Waals surface area contributed by atoms with Gasteiger partial charge in [0.1, 0.15) is 11.6 Å². The van der Waals surface area contributed by atoms with Crippen LogP contribution >= 0.6 is 23.2 Å². The van der Waals surface area contributed by atoms with Gasteiger partial charge in [-0.25, -0.2) is 4.98 Å². The predicted octanol–water partition coefficient (Wildman–Crippen LogP) is 1.88. The second-order valence-electron chi connectivity index (χ2n) is 5.20. The second kappa shape index (κ2) is 5.93. The molecule has 2 N–H and O–H groups in total. The zero-order valence-electron chi connectivity index (χ0n) is 11.2. The maximum Gasteiger partial charge on any atom is 0.149 e. The Bertz CT molecular complexity index is 494. The molecule has 2 saturated heterocycles. The molecule has 20 heavy (non-hydrogen) atoms. The van der Waals surface area contributed by atoms with E-state index in [0.717, 1.165) is 51.6 Å². The van der Waals surface area contributed by atoms with E-state index >= 15 is 0 Å². The number of nitrogen functional groups attached to an aromatic ring is 1. The summed E-state index contributed by atoms with van der Waals surface area (Å²) < 4.78 is 5.40. The lowest BCUT2D eigenvalue weighted by Crippen LogP contribution is -2.44. The van der Waals surface area contributed by atoms with Crippen LogP contribution in [0.3, 0.4) is 0 Å². The van der Waals surface area contributed by atoms with Crippen LogP contribution < -0.4 is 10.6 Å². The molecule has 5 nitrogen and oxygen atoms in total. The maximum absolute atomic E-state index is 6.24. The smallest absolute Gasteiger partial charge is 0.149 e. The van der Waals surface area contributed by atoms with Gasteiger partial charge in [0.25, 0.3) is 0 Å². The van der Waals surface area contributed by atoms with Gasteiger partial charge in [-0.15, -0.1) is 0 Å². The molecule has 2 aliphatic heterocycles. The highest BCUT2D eigenvalue weighted by Crippen LogP contribution is 2.32. The van der Waals surface area contributed by atoms with E-state index in [4.69, 9.17) is 33.7 Å². The number of anilines is 2. The molecule has 0 bridgehead atoms. The number of rotatable bonds is 2. The summed E-state index contributed by atoms with van der Waals surface area (Å²) in [5.41, 5.74) is 5.78. The van der Waals surface area contributed by atoms with E-state index < -0.39 is 0 Å². The lowest BCUT2D eigenvalue weighted by atomic mass is 10.2. The highest BCUT2D eigenvalue weighted by atomic mass is 35.5. The third-order valence-corrected chi connectivity index (χ3v) is 4.54. The number of hydrogen-bond donors (Lipinski definition) is 1. The van der Waals surface area contributed by atoms with Crippen LogP contribution in [0.2, 0.25) is 10.0 Å². The molecule has 0 aromatic carbocycles. The van der Waals surface area contributed by atoms with Crippen molar-refractivity contribution in [3.8, 4) is 0 Å². The minimum Gasteiger partial charge on any atom is -0.382 e. The van der Waals surface area contributed by atoms with E-state index in [-0.39, 0.29) is 0 Å². The SMILES string of the molecule is Nc1nc(N2CCC(N3CCOCC3)C2)c(Cl)cc1Cl. The first kappa shape index (κ1) is 14.2.